The van der Waals surface area contributed by atoms with Crippen LogP contribution in [-0.4, -0.2) is 29.7 Å². The van der Waals surface area contributed by atoms with E-state index in [0.717, 1.165) is 5.56 Å². The van der Waals surface area contributed by atoms with E-state index in [1.807, 2.05) is 24.4 Å². The first kappa shape index (κ1) is 18.9. The van der Waals surface area contributed by atoms with Crippen molar-refractivity contribution in [1.29, 1.82) is 0 Å². The van der Waals surface area contributed by atoms with Crippen LogP contribution in [0.3, 0.4) is 0 Å². The molecule has 1 unspecified atom stereocenters. The van der Waals surface area contributed by atoms with Gasteiger partial charge in [0, 0.05) is 13.0 Å². The first-order chi connectivity index (χ1) is 13.0. The number of nitrogens with one attached hydrogen (secondary N) is 1. The lowest BCUT2D eigenvalue weighted by Gasteiger charge is -2.16. The molecule has 27 heavy (non-hydrogen) atoms. The summed E-state index contributed by atoms with van der Waals surface area (Å²) in [6.07, 6.45) is 1.68. The Balaban J connectivity index is 1.63. The highest BCUT2D eigenvalue weighted by atomic mass is 32.1. The zero-order chi connectivity index (χ0) is 19.4. The summed E-state index contributed by atoms with van der Waals surface area (Å²) >= 11 is 1.42. The van der Waals surface area contributed by atoms with Crippen LogP contribution in [0.4, 0.5) is 0 Å². The van der Waals surface area contributed by atoms with Gasteiger partial charge in [-0.05, 0) is 36.1 Å². The number of hydrogen-bond donors (Lipinski definition) is 1. The number of fused-ring (bicyclic) bond motifs is 1. The van der Waals surface area contributed by atoms with Crippen LogP contribution in [0.25, 0.3) is 10.2 Å². The van der Waals surface area contributed by atoms with Crippen LogP contribution in [0.5, 0.6) is 11.5 Å². The number of carbonyl (C=O) groups is 1. The summed E-state index contributed by atoms with van der Waals surface area (Å²) in [6, 6.07) is 7.07. The Bertz CT molecular complexity index is 1010. The molecule has 0 aliphatic carbocycles. The lowest BCUT2D eigenvalue weighted by molar-refractivity contribution is -0.121. The molecule has 142 valence electrons. The van der Waals surface area contributed by atoms with Crippen molar-refractivity contribution < 1.29 is 14.3 Å². The number of aromatic nitrogens is 2. The van der Waals surface area contributed by atoms with Gasteiger partial charge >= 0.3 is 0 Å². The molecule has 0 fully saturated rings. The number of nitrogens with zero attached hydrogens (tertiary/aromatic N) is 2. The molecule has 0 saturated heterocycles. The van der Waals surface area contributed by atoms with Crippen molar-refractivity contribution in [2.45, 2.75) is 25.9 Å². The summed E-state index contributed by atoms with van der Waals surface area (Å²) in [6.45, 7) is 2.17. The fourth-order valence-electron chi connectivity index (χ4n) is 2.79. The Morgan fingerprint density at radius 3 is 2.78 bits per heavy atom. The van der Waals surface area contributed by atoms with Crippen LogP contribution >= 0.6 is 11.3 Å². The number of hydrogen-bond acceptors (Lipinski definition) is 6. The number of carbonyl (C=O) groups excluding carboxylic acids is 1. The largest absolute Gasteiger partial charge is 0.493 e. The molecule has 0 saturated carbocycles. The number of ether oxygens (including phenoxy) is 2. The Labute approximate surface area is 160 Å². The minimum atomic E-state index is -0.202. The molecule has 1 N–H and O–H groups in total. The molecule has 1 aromatic carbocycles. The summed E-state index contributed by atoms with van der Waals surface area (Å²) in [5.41, 5.74) is 0.779. The second kappa shape index (κ2) is 8.22. The molecule has 1 atom stereocenters. The fraction of sp³-hybridized carbons (Fsp3) is 0.316. The Morgan fingerprint density at radius 2 is 2.04 bits per heavy atom. The van der Waals surface area contributed by atoms with E-state index in [1.165, 1.54) is 22.2 Å². The summed E-state index contributed by atoms with van der Waals surface area (Å²) in [5, 5.41) is 5.36. The smallest absolute Gasteiger partial charge is 0.262 e. The van der Waals surface area contributed by atoms with E-state index in [-0.39, 0.29) is 30.5 Å². The number of rotatable bonds is 7. The maximum Gasteiger partial charge on any atom is 0.262 e. The van der Waals surface area contributed by atoms with Gasteiger partial charge in [0.15, 0.2) is 11.5 Å². The highest BCUT2D eigenvalue weighted by Crippen LogP contribution is 2.29. The van der Waals surface area contributed by atoms with E-state index in [9.17, 15) is 9.59 Å². The van der Waals surface area contributed by atoms with Crippen molar-refractivity contribution in [1.82, 2.24) is 14.9 Å². The number of methoxy groups -OCH3 is 2. The topological polar surface area (TPSA) is 82.5 Å². The number of aryl methyl sites for hydroxylation is 1. The van der Waals surface area contributed by atoms with Crippen molar-refractivity contribution in [2.75, 3.05) is 14.2 Å². The average Bonchev–Trinajstić information content (AvgIpc) is 3.16. The summed E-state index contributed by atoms with van der Waals surface area (Å²) in [4.78, 5) is 29.6. The maximum absolute atomic E-state index is 12.3. The van der Waals surface area contributed by atoms with E-state index in [1.54, 1.807) is 26.4 Å². The molecular weight excluding hydrogens is 366 g/mol. The van der Waals surface area contributed by atoms with Gasteiger partial charge in [-0.25, -0.2) is 4.98 Å². The van der Waals surface area contributed by atoms with Crippen LogP contribution in [0.2, 0.25) is 0 Å². The van der Waals surface area contributed by atoms with Crippen LogP contribution in [-0.2, 0) is 11.3 Å². The third-order valence-electron chi connectivity index (χ3n) is 4.32. The molecule has 8 heteroatoms. The quantitative estimate of drug-likeness (QED) is 0.674. The van der Waals surface area contributed by atoms with Crippen molar-refractivity contribution in [3.63, 3.8) is 0 Å². The standard InChI is InChI=1S/C19H21N3O4S/c1-12(13-4-5-15(25-2)16(10-13)26-3)21-17(23)6-8-22-11-20-18-14(19(22)24)7-9-27-18/h4-5,7,9-12H,6,8H2,1-3H3,(H,21,23). The Kier molecular flexibility index (Phi) is 5.75. The minimum absolute atomic E-state index is 0.123. The van der Waals surface area contributed by atoms with Gasteiger partial charge in [-0.2, -0.15) is 0 Å². The van der Waals surface area contributed by atoms with Gasteiger partial charge in [0.2, 0.25) is 5.91 Å². The van der Waals surface area contributed by atoms with Crippen LogP contribution < -0.4 is 20.3 Å². The van der Waals surface area contributed by atoms with Crippen molar-refractivity contribution in [3.05, 3.63) is 51.9 Å². The van der Waals surface area contributed by atoms with E-state index in [0.29, 0.717) is 21.7 Å². The third-order valence-corrected chi connectivity index (χ3v) is 5.14. The van der Waals surface area contributed by atoms with E-state index in [4.69, 9.17) is 9.47 Å². The predicted molar refractivity (Wildman–Crippen MR) is 105 cm³/mol. The van der Waals surface area contributed by atoms with E-state index >= 15 is 0 Å². The lowest BCUT2D eigenvalue weighted by atomic mass is 10.1. The zero-order valence-electron chi connectivity index (χ0n) is 15.4. The predicted octanol–water partition coefficient (Wildman–Crippen LogP) is 2.74. The first-order valence-electron chi connectivity index (χ1n) is 8.47. The highest BCUT2D eigenvalue weighted by molar-refractivity contribution is 7.16. The molecule has 0 aliphatic rings. The van der Waals surface area contributed by atoms with Gasteiger partial charge in [-0.3, -0.25) is 14.2 Å². The SMILES string of the molecule is COc1ccc(C(C)NC(=O)CCn2cnc3sccc3c2=O)cc1OC. The van der Waals surface area contributed by atoms with Crippen LogP contribution in [0, 0.1) is 0 Å². The van der Waals surface area contributed by atoms with Crippen molar-refractivity contribution in [3.8, 4) is 11.5 Å². The Hall–Kier alpha value is -2.87. The molecule has 0 bridgehead atoms. The van der Waals surface area contributed by atoms with Crippen LogP contribution in [0.1, 0.15) is 24.9 Å². The summed E-state index contributed by atoms with van der Waals surface area (Å²) in [5.74, 6) is 1.10. The fourth-order valence-corrected chi connectivity index (χ4v) is 3.52. The van der Waals surface area contributed by atoms with Gasteiger partial charge in [0.05, 0.1) is 32.0 Å². The average molecular weight is 387 g/mol. The maximum atomic E-state index is 12.3. The zero-order valence-corrected chi connectivity index (χ0v) is 16.2. The molecule has 0 radical (unpaired) electrons. The van der Waals surface area contributed by atoms with E-state index < -0.39 is 0 Å². The summed E-state index contributed by atoms with van der Waals surface area (Å²) < 4.78 is 12.0. The molecular formula is C19H21N3O4S. The van der Waals surface area contributed by atoms with Crippen molar-refractivity contribution >= 4 is 27.5 Å². The molecule has 2 aromatic heterocycles. The molecule has 0 spiro atoms. The molecule has 2 heterocycles. The summed E-state index contributed by atoms with van der Waals surface area (Å²) in [7, 11) is 3.15. The van der Waals surface area contributed by atoms with Gasteiger partial charge in [-0.1, -0.05) is 6.07 Å². The minimum Gasteiger partial charge on any atom is -0.493 e. The molecule has 0 aliphatic heterocycles. The second-order valence-electron chi connectivity index (χ2n) is 6.04. The van der Waals surface area contributed by atoms with Crippen LogP contribution in [0.15, 0.2) is 40.8 Å². The molecule has 1 amide bonds. The van der Waals surface area contributed by atoms with Gasteiger partial charge < -0.3 is 14.8 Å². The number of benzene rings is 1. The Morgan fingerprint density at radius 1 is 1.26 bits per heavy atom. The van der Waals surface area contributed by atoms with Crippen molar-refractivity contribution in [2.24, 2.45) is 0 Å². The molecule has 7 nitrogen and oxygen atoms in total. The van der Waals surface area contributed by atoms with Gasteiger partial charge in [0.25, 0.3) is 5.56 Å². The normalized spacial score (nSPS) is 12.0. The number of amides is 1. The van der Waals surface area contributed by atoms with E-state index in [2.05, 4.69) is 10.3 Å². The third kappa shape index (κ3) is 4.11. The second-order valence-corrected chi connectivity index (χ2v) is 6.93. The monoisotopic (exact) mass is 387 g/mol. The molecule has 3 rings (SSSR count). The highest BCUT2D eigenvalue weighted by Gasteiger charge is 2.13. The van der Waals surface area contributed by atoms with Gasteiger partial charge in [0.1, 0.15) is 4.83 Å². The number of thiophene rings is 1. The first-order valence-corrected chi connectivity index (χ1v) is 9.35. The van der Waals surface area contributed by atoms with Gasteiger partial charge in [-0.15, -0.1) is 11.3 Å². The lowest BCUT2D eigenvalue weighted by Crippen LogP contribution is -2.29. The molecule has 3 aromatic rings.